The van der Waals surface area contributed by atoms with Crippen molar-refractivity contribution in [1.29, 1.82) is 0 Å². The van der Waals surface area contributed by atoms with E-state index in [2.05, 4.69) is 0 Å². The van der Waals surface area contributed by atoms with Crippen molar-refractivity contribution >= 4 is 23.5 Å². The number of ether oxygens (including phenoxy) is 1. The quantitative estimate of drug-likeness (QED) is 0.616. The van der Waals surface area contributed by atoms with E-state index in [0.29, 0.717) is 18.8 Å². The van der Waals surface area contributed by atoms with Crippen LogP contribution >= 0.6 is 0 Å². The van der Waals surface area contributed by atoms with Gasteiger partial charge in [-0.05, 0) is 44.9 Å². The first-order chi connectivity index (χ1) is 12.0. The molecule has 2 heterocycles. The number of hydrogen-bond donors (Lipinski definition) is 0. The Labute approximate surface area is 147 Å². The Balaban J connectivity index is 1.76. The Morgan fingerprint density at radius 1 is 1.28 bits per heavy atom. The average molecular weight is 344 g/mol. The highest BCUT2D eigenvalue weighted by atomic mass is 16.5. The summed E-state index contributed by atoms with van der Waals surface area (Å²) in [4.78, 5) is 40.7. The molecule has 2 atom stereocenters. The maximum atomic E-state index is 12.9. The number of aryl methyl sites for hydroxylation is 1. The zero-order valence-electron chi connectivity index (χ0n) is 14.7. The molecule has 0 radical (unpaired) electrons. The van der Waals surface area contributed by atoms with Crippen LogP contribution in [0.1, 0.15) is 31.7 Å². The molecule has 0 aliphatic carbocycles. The van der Waals surface area contributed by atoms with Crippen LogP contribution in [0.4, 0.5) is 5.69 Å². The Kier molecular flexibility index (Phi) is 5.18. The fraction of sp³-hybridized carbons (Fsp3) is 0.526. The number of esters is 1. The lowest BCUT2D eigenvalue weighted by Crippen LogP contribution is -2.48. The van der Waals surface area contributed by atoms with Crippen LogP contribution in [-0.4, -0.2) is 48.4 Å². The number of imide groups is 1. The van der Waals surface area contributed by atoms with Crippen LogP contribution in [0.25, 0.3) is 0 Å². The van der Waals surface area contributed by atoms with Crippen LogP contribution in [-0.2, 0) is 19.1 Å². The smallest absolute Gasteiger partial charge is 0.310 e. The Morgan fingerprint density at radius 2 is 2.04 bits per heavy atom. The minimum absolute atomic E-state index is 0.169. The number of likely N-dealkylation sites (tertiary alicyclic amines) is 1. The number of carbonyl (C=O) groups excluding carboxylic acids is 3. The second kappa shape index (κ2) is 7.35. The number of piperidine rings is 1. The van der Waals surface area contributed by atoms with Gasteiger partial charge >= 0.3 is 5.97 Å². The molecule has 0 spiro atoms. The summed E-state index contributed by atoms with van der Waals surface area (Å²) in [5.74, 6) is -0.796. The predicted molar refractivity (Wildman–Crippen MR) is 93.0 cm³/mol. The third-order valence-corrected chi connectivity index (χ3v) is 4.99. The second-order valence-corrected chi connectivity index (χ2v) is 6.66. The first kappa shape index (κ1) is 17.6. The number of carbonyl (C=O) groups is 3. The average Bonchev–Trinajstić information content (AvgIpc) is 2.90. The van der Waals surface area contributed by atoms with Gasteiger partial charge in [0.25, 0.3) is 5.91 Å². The highest BCUT2D eigenvalue weighted by Crippen LogP contribution is 2.30. The largest absolute Gasteiger partial charge is 0.466 e. The Morgan fingerprint density at radius 3 is 2.76 bits per heavy atom. The van der Waals surface area contributed by atoms with Crippen molar-refractivity contribution < 1.29 is 19.1 Å². The number of rotatable bonds is 4. The van der Waals surface area contributed by atoms with Crippen molar-refractivity contribution in [2.45, 2.75) is 39.2 Å². The summed E-state index contributed by atoms with van der Waals surface area (Å²) >= 11 is 0. The molecule has 6 nitrogen and oxygen atoms in total. The molecule has 1 aromatic rings. The van der Waals surface area contributed by atoms with E-state index in [4.69, 9.17) is 4.74 Å². The second-order valence-electron chi connectivity index (χ2n) is 6.66. The minimum Gasteiger partial charge on any atom is -0.466 e. The topological polar surface area (TPSA) is 66.9 Å². The summed E-state index contributed by atoms with van der Waals surface area (Å²) < 4.78 is 5.12. The minimum atomic E-state index is -0.482. The van der Waals surface area contributed by atoms with Crippen LogP contribution in [0.2, 0.25) is 0 Å². The van der Waals surface area contributed by atoms with Gasteiger partial charge < -0.3 is 4.74 Å². The van der Waals surface area contributed by atoms with Gasteiger partial charge in [-0.2, -0.15) is 0 Å². The van der Waals surface area contributed by atoms with Gasteiger partial charge in [-0.3, -0.25) is 19.3 Å². The number of para-hydroxylation sites is 1. The van der Waals surface area contributed by atoms with Crippen molar-refractivity contribution in [2.24, 2.45) is 5.92 Å². The van der Waals surface area contributed by atoms with E-state index in [1.807, 2.05) is 30.0 Å². The third-order valence-electron chi connectivity index (χ3n) is 4.99. The van der Waals surface area contributed by atoms with E-state index in [1.54, 1.807) is 13.0 Å². The number of benzene rings is 1. The number of amides is 2. The number of hydrogen-bond acceptors (Lipinski definition) is 5. The van der Waals surface area contributed by atoms with Gasteiger partial charge in [-0.1, -0.05) is 18.2 Å². The molecule has 6 heteroatoms. The lowest BCUT2D eigenvalue weighted by molar-refractivity contribution is -0.150. The van der Waals surface area contributed by atoms with E-state index < -0.39 is 6.04 Å². The van der Waals surface area contributed by atoms with E-state index >= 15 is 0 Å². The molecule has 2 amide bonds. The molecule has 0 bridgehead atoms. The maximum absolute atomic E-state index is 12.9. The summed E-state index contributed by atoms with van der Waals surface area (Å²) in [5.41, 5.74) is 1.55. The molecular weight excluding hydrogens is 320 g/mol. The molecule has 2 aliphatic heterocycles. The van der Waals surface area contributed by atoms with Gasteiger partial charge in [-0.25, -0.2) is 4.90 Å². The molecule has 0 aromatic heterocycles. The van der Waals surface area contributed by atoms with Crippen LogP contribution in [0.15, 0.2) is 24.3 Å². The van der Waals surface area contributed by atoms with Crippen LogP contribution in [0, 0.1) is 12.8 Å². The van der Waals surface area contributed by atoms with Gasteiger partial charge in [-0.15, -0.1) is 0 Å². The number of nitrogens with zero attached hydrogens (tertiary/aromatic N) is 2. The summed E-state index contributed by atoms with van der Waals surface area (Å²) in [6.07, 6.45) is 1.76. The summed E-state index contributed by atoms with van der Waals surface area (Å²) in [7, 11) is 0. The monoisotopic (exact) mass is 344 g/mol. The molecule has 3 rings (SSSR count). The first-order valence-electron chi connectivity index (χ1n) is 8.86. The fourth-order valence-corrected chi connectivity index (χ4v) is 3.71. The third kappa shape index (κ3) is 3.44. The zero-order valence-corrected chi connectivity index (χ0v) is 14.7. The molecule has 2 saturated heterocycles. The standard InChI is InChI=1S/C19H24N2O4/c1-3-25-19(24)14-8-6-10-20(12-14)16-11-17(22)21(18(16)23)15-9-5-4-7-13(15)2/h4-5,7,9,14,16H,3,6,8,10-12H2,1-2H3/t14-,16-/m1/s1. The molecule has 0 saturated carbocycles. The first-order valence-corrected chi connectivity index (χ1v) is 8.86. The normalized spacial score (nSPS) is 24.6. The van der Waals surface area contributed by atoms with Crippen LogP contribution in [0.5, 0.6) is 0 Å². The predicted octanol–water partition coefficient (Wildman–Crippen LogP) is 1.90. The van der Waals surface area contributed by atoms with Crippen molar-refractivity contribution in [2.75, 3.05) is 24.6 Å². The molecule has 0 unspecified atom stereocenters. The highest BCUT2D eigenvalue weighted by Gasteiger charge is 2.44. The highest BCUT2D eigenvalue weighted by molar-refractivity contribution is 6.22. The van der Waals surface area contributed by atoms with Crippen molar-refractivity contribution in [3.8, 4) is 0 Å². The molecule has 2 aliphatic rings. The fourth-order valence-electron chi connectivity index (χ4n) is 3.71. The van der Waals surface area contributed by atoms with Gasteiger partial charge in [0.1, 0.15) is 0 Å². The van der Waals surface area contributed by atoms with Crippen LogP contribution < -0.4 is 4.90 Å². The number of anilines is 1. The van der Waals surface area contributed by atoms with Crippen molar-refractivity contribution in [1.82, 2.24) is 4.90 Å². The Hall–Kier alpha value is -2.21. The van der Waals surface area contributed by atoms with Crippen molar-refractivity contribution in [3.05, 3.63) is 29.8 Å². The summed E-state index contributed by atoms with van der Waals surface area (Å²) in [6, 6.07) is 6.92. The van der Waals surface area contributed by atoms with E-state index in [9.17, 15) is 14.4 Å². The molecule has 25 heavy (non-hydrogen) atoms. The molecule has 134 valence electrons. The maximum Gasteiger partial charge on any atom is 0.310 e. The zero-order chi connectivity index (χ0) is 18.0. The SMILES string of the molecule is CCOC(=O)[C@@H]1CCCN([C@@H]2CC(=O)N(c3ccccc3C)C2=O)C1. The molecule has 1 aromatic carbocycles. The van der Waals surface area contributed by atoms with Crippen LogP contribution in [0.3, 0.4) is 0 Å². The molecule has 2 fully saturated rings. The van der Waals surface area contributed by atoms with Crippen molar-refractivity contribution in [3.63, 3.8) is 0 Å². The molecular formula is C19H24N2O4. The van der Waals surface area contributed by atoms with E-state index in [-0.39, 0.29) is 30.1 Å². The Bertz CT molecular complexity index is 688. The summed E-state index contributed by atoms with van der Waals surface area (Å²) in [6.45, 7) is 5.24. The lowest BCUT2D eigenvalue weighted by atomic mass is 9.96. The van der Waals surface area contributed by atoms with E-state index in [0.717, 1.165) is 24.9 Å². The van der Waals surface area contributed by atoms with Gasteiger partial charge in [0.05, 0.1) is 30.7 Å². The van der Waals surface area contributed by atoms with Gasteiger partial charge in [0.2, 0.25) is 5.91 Å². The molecule has 0 N–H and O–H groups in total. The lowest BCUT2D eigenvalue weighted by Gasteiger charge is -2.34. The summed E-state index contributed by atoms with van der Waals surface area (Å²) in [5, 5.41) is 0. The van der Waals surface area contributed by atoms with Gasteiger partial charge in [0, 0.05) is 6.54 Å². The van der Waals surface area contributed by atoms with Gasteiger partial charge in [0.15, 0.2) is 0 Å². The van der Waals surface area contributed by atoms with E-state index in [1.165, 1.54) is 4.90 Å².